The molecule has 0 saturated carbocycles. The molecule has 0 aliphatic heterocycles. The number of hydrogen-bond acceptors (Lipinski definition) is 4. The average Bonchev–Trinajstić information content (AvgIpc) is 2.40. The molecule has 94 valence electrons. The number of phenols is 2. The third kappa shape index (κ3) is 3.11. The summed E-state index contributed by atoms with van der Waals surface area (Å²) in [5, 5.41) is 21.9. The van der Waals surface area contributed by atoms with E-state index in [1.165, 1.54) is 11.0 Å². The topological polar surface area (TPSA) is 52.5 Å². The third-order valence-corrected chi connectivity index (χ3v) is 3.33. The van der Waals surface area contributed by atoms with Crippen LogP contribution in [0, 0.1) is 0 Å². The highest BCUT2D eigenvalue weighted by molar-refractivity contribution is 7.98. The van der Waals surface area contributed by atoms with Crippen molar-refractivity contribution in [3.05, 3.63) is 48.0 Å². The first-order valence-corrected chi connectivity index (χ1v) is 6.80. The molecule has 3 nitrogen and oxygen atoms in total. The molecule has 2 aromatic rings. The van der Waals surface area contributed by atoms with Crippen LogP contribution in [0.2, 0.25) is 0 Å². The van der Waals surface area contributed by atoms with Crippen LogP contribution in [0.5, 0.6) is 11.5 Å². The Morgan fingerprint density at radius 1 is 1.06 bits per heavy atom. The van der Waals surface area contributed by atoms with Crippen molar-refractivity contribution in [3.63, 3.8) is 0 Å². The van der Waals surface area contributed by atoms with E-state index >= 15 is 0 Å². The van der Waals surface area contributed by atoms with E-state index in [1.54, 1.807) is 23.9 Å². The van der Waals surface area contributed by atoms with Gasteiger partial charge in [-0.3, -0.25) is 0 Å². The molecule has 0 heterocycles. The van der Waals surface area contributed by atoms with Gasteiger partial charge in [-0.15, -0.1) is 11.8 Å². The van der Waals surface area contributed by atoms with Gasteiger partial charge in [-0.25, -0.2) is 0 Å². The number of benzene rings is 2. The van der Waals surface area contributed by atoms with E-state index in [4.69, 9.17) is 0 Å². The summed E-state index contributed by atoms with van der Waals surface area (Å²) in [4.78, 5) is 1.20. The molecule has 18 heavy (non-hydrogen) atoms. The third-order valence-electron chi connectivity index (χ3n) is 2.61. The van der Waals surface area contributed by atoms with E-state index < -0.39 is 0 Å². The summed E-state index contributed by atoms with van der Waals surface area (Å²) in [6.45, 7) is 0.603. The molecular weight excluding hydrogens is 246 g/mol. The average molecular weight is 261 g/mol. The van der Waals surface area contributed by atoms with Crippen molar-refractivity contribution in [3.8, 4) is 11.5 Å². The highest BCUT2D eigenvalue weighted by Crippen LogP contribution is 2.25. The molecule has 2 rings (SSSR count). The predicted octanol–water partition coefficient (Wildman–Crippen LogP) is 3.43. The van der Waals surface area contributed by atoms with Gasteiger partial charge in [0.2, 0.25) is 0 Å². The Kier molecular flexibility index (Phi) is 3.99. The molecule has 0 aromatic heterocycles. The van der Waals surface area contributed by atoms with Crippen LogP contribution in [0.3, 0.4) is 0 Å². The molecule has 0 atom stereocenters. The standard InChI is InChI=1S/C14H15NO2S/c1-18-12-4-2-3-11(8-12)15-9-10-5-6-13(16)14(17)7-10/h2-8,15-17H,9H2,1H3. The van der Waals surface area contributed by atoms with Gasteiger partial charge in [0.25, 0.3) is 0 Å². The van der Waals surface area contributed by atoms with Gasteiger partial charge in [-0.1, -0.05) is 12.1 Å². The number of rotatable bonds is 4. The first kappa shape index (κ1) is 12.6. The predicted molar refractivity (Wildman–Crippen MR) is 75.3 cm³/mol. The first-order valence-electron chi connectivity index (χ1n) is 5.58. The number of anilines is 1. The lowest BCUT2D eigenvalue weighted by Gasteiger charge is -2.08. The Bertz CT molecular complexity index is 543. The molecule has 4 heteroatoms. The number of hydrogen-bond donors (Lipinski definition) is 3. The maximum absolute atomic E-state index is 9.40. The SMILES string of the molecule is CSc1cccc(NCc2ccc(O)c(O)c2)c1. The molecule has 0 aliphatic carbocycles. The Morgan fingerprint density at radius 3 is 2.61 bits per heavy atom. The molecule has 0 saturated heterocycles. The molecule has 0 unspecified atom stereocenters. The molecule has 0 fully saturated rings. The van der Waals surface area contributed by atoms with Crippen molar-refractivity contribution in [2.75, 3.05) is 11.6 Å². The molecule has 2 aromatic carbocycles. The minimum atomic E-state index is -0.0943. The number of nitrogens with one attached hydrogen (secondary N) is 1. The fourth-order valence-electron chi connectivity index (χ4n) is 1.62. The summed E-state index contributed by atoms with van der Waals surface area (Å²) in [5.74, 6) is -0.185. The van der Waals surface area contributed by atoms with Gasteiger partial charge < -0.3 is 15.5 Å². The lowest BCUT2D eigenvalue weighted by molar-refractivity contribution is 0.403. The molecular formula is C14H15NO2S. The second-order valence-corrected chi connectivity index (χ2v) is 4.79. The van der Waals surface area contributed by atoms with Crippen LogP contribution in [0.4, 0.5) is 5.69 Å². The second-order valence-electron chi connectivity index (χ2n) is 3.91. The smallest absolute Gasteiger partial charge is 0.157 e. The number of thioether (sulfide) groups is 1. The Labute approximate surface area is 110 Å². The minimum absolute atomic E-state index is 0.0906. The molecule has 0 spiro atoms. The van der Waals surface area contributed by atoms with Crippen molar-refractivity contribution in [2.24, 2.45) is 0 Å². The van der Waals surface area contributed by atoms with Crippen LogP contribution in [0.25, 0.3) is 0 Å². The Morgan fingerprint density at radius 2 is 1.89 bits per heavy atom. The summed E-state index contributed by atoms with van der Waals surface area (Å²) in [6, 6.07) is 13.0. The maximum atomic E-state index is 9.40. The van der Waals surface area contributed by atoms with Gasteiger partial charge in [-0.2, -0.15) is 0 Å². The van der Waals surface area contributed by atoms with Crippen molar-refractivity contribution in [1.29, 1.82) is 0 Å². The number of aromatic hydroxyl groups is 2. The summed E-state index contributed by atoms with van der Waals surface area (Å²) in [6.07, 6.45) is 2.04. The summed E-state index contributed by atoms with van der Waals surface area (Å²) >= 11 is 1.70. The van der Waals surface area contributed by atoms with Crippen LogP contribution in [-0.4, -0.2) is 16.5 Å². The van der Waals surface area contributed by atoms with E-state index in [-0.39, 0.29) is 11.5 Å². The van der Waals surface area contributed by atoms with Crippen LogP contribution < -0.4 is 5.32 Å². The fourth-order valence-corrected chi connectivity index (χ4v) is 2.08. The zero-order valence-corrected chi connectivity index (χ0v) is 10.9. The fraction of sp³-hybridized carbons (Fsp3) is 0.143. The van der Waals surface area contributed by atoms with Crippen LogP contribution in [0.15, 0.2) is 47.4 Å². The Balaban J connectivity index is 2.04. The minimum Gasteiger partial charge on any atom is -0.504 e. The molecule has 0 radical (unpaired) electrons. The van der Waals surface area contributed by atoms with Gasteiger partial charge in [0, 0.05) is 17.1 Å². The highest BCUT2D eigenvalue weighted by Gasteiger charge is 2.01. The number of phenolic OH excluding ortho intramolecular Hbond substituents is 2. The van der Waals surface area contributed by atoms with E-state index in [2.05, 4.69) is 17.4 Å². The van der Waals surface area contributed by atoms with E-state index in [0.29, 0.717) is 6.54 Å². The van der Waals surface area contributed by atoms with Gasteiger partial charge in [0.05, 0.1) is 0 Å². The van der Waals surface area contributed by atoms with Crippen LogP contribution >= 0.6 is 11.8 Å². The molecule has 0 bridgehead atoms. The van der Waals surface area contributed by atoms with Gasteiger partial charge in [0.1, 0.15) is 0 Å². The summed E-state index contributed by atoms with van der Waals surface area (Å²) in [7, 11) is 0. The zero-order chi connectivity index (χ0) is 13.0. The van der Waals surface area contributed by atoms with Gasteiger partial charge >= 0.3 is 0 Å². The second kappa shape index (κ2) is 5.69. The van der Waals surface area contributed by atoms with E-state index in [0.717, 1.165) is 11.3 Å². The van der Waals surface area contributed by atoms with Crippen LogP contribution in [0.1, 0.15) is 5.56 Å². The zero-order valence-electron chi connectivity index (χ0n) is 10.1. The first-order chi connectivity index (χ1) is 8.69. The monoisotopic (exact) mass is 261 g/mol. The van der Waals surface area contributed by atoms with Crippen molar-refractivity contribution < 1.29 is 10.2 Å². The van der Waals surface area contributed by atoms with Crippen LogP contribution in [-0.2, 0) is 6.54 Å². The van der Waals surface area contributed by atoms with E-state index in [1.807, 2.05) is 18.4 Å². The molecule has 0 amide bonds. The summed E-state index contributed by atoms with van der Waals surface area (Å²) < 4.78 is 0. The van der Waals surface area contributed by atoms with Crippen molar-refractivity contribution >= 4 is 17.4 Å². The Hall–Kier alpha value is -1.81. The van der Waals surface area contributed by atoms with Gasteiger partial charge in [0.15, 0.2) is 11.5 Å². The lowest BCUT2D eigenvalue weighted by Crippen LogP contribution is -1.99. The normalized spacial score (nSPS) is 10.3. The highest BCUT2D eigenvalue weighted by atomic mass is 32.2. The van der Waals surface area contributed by atoms with E-state index in [9.17, 15) is 10.2 Å². The summed E-state index contributed by atoms with van der Waals surface area (Å²) in [5.41, 5.74) is 1.95. The lowest BCUT2D eigenvalue weighted by atomic mass is 10.2. The van der Waals surface area contributed by atoms with Gasteiger partial charge in [-0.05, 0) is 42.2 Å². The quantitative estimate of drug-likeness (QED) is 0.583. The maximum Gasteiger partial charge on any atom is 0.157 e. The molecule has 0 aliphatic rings. The van der Waals surface area contributed by atoms with Crippen molar-refractivity contribution in [2.45, 2.75) is 11.4 Å². The molecule has 3 N–H and O–H groups in total. The van der Waals surface area contributed by atoms with Crippen molar-refractivity contribution in [1.82, 2.24) is 0 Å². The largest absolute Gasteiger partial charge is 0.504 e.